The molecule has 0 bridgehead atoms. The summed E-state index contributed by atoms with van der Waals surface area (Å²) in [7, 11) is 0. The maximum Gasteiger partial charge on any atom is 0.185 e. The zero-order valence-corrected chi connectivity index (χ0v) is 12.1. The summed E-state index contributed by atoms with van der Waals surface area (Å²) >= 11 is 1.56. The smallest absolute Gasteiger partial charge is 0.185 e. The molecule has 106 valence electrons. The predicted octanol–water partition coefficient (Wildman–Crippen LogP) is 4.32. The van der Waals surface area contributed by atoms with E-state index >= 15 is 0 Å². The van der Waals surface area contributed by atoms with Crippen molar-refractivity contribution < 1.29 is 8.78 Å². The molecule has 1 aromatic heterocycles. The van der Waals surface area contributed by atoms with E-state index < -0.39 is 11.6 Å². The Morgan fingerprint density at radius 1 is 1.20 bits per heavy atom. The molecule has 3 rings (SSSR count). The van der Waals surface area contributed by atoms with Crippen molar-refractivity contribution in [2.75, 3.05) is 18.0 Å². The van der Waals surface area contributed by atoms with Gasteiger partial charge in [-0.3, -0.25) is 0 Å². The Hall–Kier alpha value is -1.49. The highest BCUT2D eigenvalue weighted by Gasteiger charge is 2.19. The lowest BCUT2D eigenvalue weighted by Crippen LogP contribution is -2.32. The van der Waals surface area contributed by atoms with E-state index in [4.69, 9.17) is 0 Å². The minimum Gasteiger partial charge on any atom is -0.348 e. The molecule has 5 heteroatoms. The monoisotopic (exact) mass is 294 g/mol. The van der Waals surface area contributed by atoms with Gasteiger partial charge in [-0.1, -0.05) is 6.92 Å². The fourth-order valence-corrected chi connectivity index (χ4v) is 3.29. The van der Waals surface area contributed by atoms with Gasteiger partial charge in [0.05, 0.1) is 5.69 Å². The number of thiazole rings is 1. The molecule has 1 aliphatic heterocycles. The third kappa shape index (κ3) is 2.68. The maximum atomic E-state index is 13.3. The highest BCUT2D eigenvalue weighted by Crippen LogP contribution is 2.30. The highest BCUT2D eigenvalue weighted by atomic mass is 32.1. The zero-order valence-electron chi connectivity index (χ0n) is 11.3. The van der Waals surface area contributed by atoms with Gasteiger partial charge < -0.3 is 4.90 Å². The van der Waals surface area contributed by atoms with E-state index in [0.717, 1.165) is 30.2 Å². The largest absolute Gasteiger partial charge is 0.348 e. The van der Waals surface area contributed by atoms with Crippen molar-refractivity contribution in [1.82, 2.24) is 4.98 Å². The van der Waals surface area contributed by atoms with Gasteiger partial charge in [-0.2, -0.15) is 0 Å². The van der Waals surface area contributed by atoms with Crippen molar-refractivity contribution in [3.8, 4) is 11.3 Å². The van der Waals surface area contributed by atoms with Crippen LogP contribution in [0.1, 0.15) is 19.8 Å². The molecule has 1 aliphatic rings. The van der Waals surface area contributed by atoms with Gasteiger partial charge in [-0.05, 0) is 37.0 Å². The summed E-state index contributed by atoms with van der Waals surface area (Å²) in [5.74, 6) is -0.880. The molecule has 0 radical (unpaired) electrons. The van der Waals surface area contributed by atoms with E-state index in [0.29, 0.717) is 11.3 Å². The molecule has 2 aromatic rings. The summed E-state index contributed by atoms with van der Waals surface area (Å²) in [5.41, 5.74) is 1.33. The van der Waals surface area contributed by atoms with Gasteiger partial charge in [0, 0.05) is 24.0 Å². The molecule has 0 saturated carbocycles. The summed E-state index contributed by atoms with van der Waals surface area (Å²) in [6.07, 6.45) is 2.36. The first-order valence-electron chi connectivity index (χ1n) is 6.79. The van der Waals surface area contributed by atoms with Gasteiger partial charge in [0.2, 0.25) is 0 Å². The number of anilines is 1. The second kappa shape index (κ2) is 5.48. The quantitative estimate of drug-likeness (QED) is 0.820. The topological polar surface area (TPSA) is 16.1 Å². The van der Waals surface area contributed by atoms with E-state index in [2.05, 4.69) is 16.8 Å². The molecular weight excluding hydrogens is 278 g/mol. The van der Waals surface area contributed by atoms with Crippen molar-refractivity contribution in [2.45, 2.75) is 19.8 Å². The Morgan fingerprint density at radius 3 is 2.65 bits per heavy atom. The second-order valence-electron chi connectivity index (χ2n) is 5.31. The summed E-state index contributed by atoms with van der Waals surface area (Å²) in [5, 5.41) is 2.87. The van der Waals surface area contributed by atoms with Crippen LogP contribution >= 0.6 is 11.3 Å². The lowest BCUT2D eigenvalue weighted by atomic mass is 10.00. The highest BCUT2D eigenvalue weighted by molar-refractivity contribution is 7.14. The van der Waals surface area contributed by atoms with Crippen LogP contribution in [0.4, 0.5) is 13.9 Å². The Labute approximate surface area is 121 Å². The number of aromatic nitrogens is 1. The molecule has 20 heavy (non-hydrogen) atoms. The molecule has 0 N–H and O–H groups in total. The lowest BCUT2D eigenvalue weighted by molar-refractivity contribution is 0.438. The molecule has 1 fully saturated rings. The number of rotatable bonds is 2. The van der Waals surface area contributed by atoms with Crippen LogP contribution in [0.25, 0.3) is 11.3 Å². The number of nitrogens with zero attached hydrogens (tertiary/aromatic N) is 2. The van der Waals surface area contributed by atoms with Crippen LogP contribution in [0.3, 0.4) is 0 Å². The van der Waals surface area contributed by atoms with Gasteiger partial charge >= 0.3 is 0 Å². The molecule has 0 atom stereocenters. The van der Waals surface area contributed by atoms with E-state index in [1.165, 1.54) is 18.9 Å². The summed E-state index contributed by atoms with van der Waals surface area (Å²) in [4.78, 5) is 6.83. The van der Waals surface area contributed by atoms with Gasteiger partial charge in [0.15, 0.2) is 16.8 Å². The van der Waals surface area contributed by atoms with E-state index in [1.807, 2.05) is 5.38 Å². The maximum absolute atomic E-state index is 13.3. The fraction of sp³-hybridized carbons (Fsp3) is 0.400. The molecule has 0 amide bonds. The summed E-state index contributed by atoms with van der Waals surface area (Å²) < 4.78 is 26.2. The minimum atomic E-state index is -0.830. The number of piperidine rings is 1. The molecule has 1 aromatic carbocycles. The number of benzene rings is 1. The molecule has 0 unspecified atom stereocenters. The SMILES string of the molecule is CC1CCN(c2nc(-c3ccc(F)c(F)c3)cs2)CC1. The van der Waals surface area contributed by atoms with Crippen molar-refractivity contribution in [3.05, 3.63) is 35.2 Å². The third-order valence-electron chi connectivity index (χ3n) is 3.76. The van der Waals surface area contributed by atoms with Crippen LogP contribution < -0.4 is 4.90 Å². The molecule has 1 saturated heterocycles. The predicted molar refractivity (Wildman–Crippen MR) is 78.1 cm³/mol. The minimum absolute atomic E-state index is 0.622. The average molecular weight is 294 g/mol. The summed E-state index contributed by atoms with van der Waals surface area (Å²) in [6.45, 7) is 4.31. The third-order valence-corrected chi connectivity index (χ3v) is 4.66. The first-order chi connectivity index (χ1) is 9.63. The van der Waals surface area contributed by atoms with Crippen molar-refractivity contribution in [2.24, 2.45) is 5.92 Å². The Kier molecular flexibility index (Phi) is 3.70. The number of halogens is 2. The van der Waals surface area contributed by atoms with Crippen molar-refractivity contribution in [1.29, 1.82) is 0 Å². The summed E-state index contributed by atoms with van der Waals surface area (Å²) in [6, 6.07) is 3.91. The van der Waals surface area contributed by atoms with Crippen LogP contribution in [0.15, 0.2) is 23.6 Å². The zero-order chi connectivity index (χ0) is 14.1. The fourth-order valence-electron chi connectivity index (χ4n) is 2.40. The van der Waals surface area contributed by atoms with Gasteiger partial charge in [-0.25, -0.2) is 13.8 Å². The Balaban J connectivity index is 1.81. The van der Waals surface area contributed by atoms with Crippen LogP contribution in [0.5, 0.6) is 0 Å². The van der Waals surface area contributed by atoms with E-state index in [9.17, 15) is 8.78 Å². The molecule has 0 aliphatic carbocycles. The van der Waals surface area contributed by atoms with Gasteiger partial charge in [0.1, 0.15) is 0 Å². The lowest BCUT2D eigenvalue weighted by Gasteiger charge is -2.29. The second-order valence-corrected chi connectivity index (χ2v) is 6.15. The first kappa shape index (κ1) is 13.5. The van der Waals surface area contributed by atoms with Crippen molar-refractivity contribution in [3.63, 3.8) is 0 Å². The van der Waals surface area contributed by atoms with Gasteiger partial charge in [0.25, 0.3) is 0 Å². The van der Waals surface area contributed by atoms with E-state index in [1.54, 1.807) is 17.4 Å². The van der Waals surface area contributed by atoms with Crippen LogP contribution in [0, 0.1) is 17.6 Å². The van der Waals surface area contributed by atoms with E-state index in [-0.39, 0.29) is 0 Å². The number of hydrogen-bond donors (Lipinski definition) is 0. The Bertz CT molecular complexity index is 604. The normalized spacial score (nSPS) is 16.6. The molecule has 0 spiro atoms. The first-order valence-corrected chi connectivity index (χ1v) is 7.67. The van der Waals surface area contributed by atoms with Crippen LogP contribution in [0.2, 0.25) is 0 Å². The standard InChI is InChI=1S/C15H16F2N2S/c1-10-4-6-19(7-5-10)15-18-14(9-20-15)11-2-3-12(16)13(17)8-11/h2-3,8-10H,4-7H2,1H3. The van der Waals surface area contributed by atoms with Crippen LogP contribution in [-0.4, -0.2) is 18.1 Å². The van der Waals surface area contributed by atoms with Gasteiger partial charge in [-0.15, -0.1) is 11.3 Å². The molecule has 2 heterocycles. The number of hydrogen-bond acceptors (Lipinski definition) is 3. The molecular formula is C15H16F2N2S. The van der Waals surface area contributed by atoms with Crippen molar-refractivity contribution >= 4 is 16.5 Å². The van der Waals surface area contributed by atoms with Crippen LogP contribution in [-0.2, 0) is 0 Å². The Morgan fingerprint density at radius 2 is 1.95 bits per heavy atom. The molecule has 2 nitrogen and oxygen atoms in total. The average Bonchev–Trinajstić information content (AvgIpc) is 2.92.